The second-order valence-corrected chi connectivity index (χ2v) is 3.14. The quantitative estimate of drug-likeness (QED) is 0.740. The molecule has 0 radical (unpaired) electrons. The van der Waals surface area contributed by atoms with Crippen molar-refractivity contribution >= 4 is 12.1 Å². The molecule has 16 heavy (non-hydrogen) atoms. The van der Waals surface area contributed by atoms with Crippen LogP contribution in [0.2, 0.25) is 0 Å². The predicted molar refractivity (Wildman–Crippen MR) is 63.9 cm³/mol. The van der Waals surface area contributed by atoms with Crippen LogP contribution < -0.4 is 10.6 Å². The van der Waals surface area contributed by atoms with Crippen molar-refractivity contribution in [2.24, 2.45) is 0 Å². The Balaban J connectivity index is 2.24. The Bertz CT molecular complexity index is 336. The smallest absolute Gasteiger partial charge is 0.318 e. The van der Waals surface area contributed by atoms with E-state index >= 15 is 0 Å². The topological polar surface area (TPSA) is 50.4 Å². The van der Waals surface area contributed by atoms with E-state index in [0.717, 1.165) is 5.56 Å². The number of carbonyl (C=O) groups excluding carboxylic acids is 1. The van der Waals surface area contributed by atoms with Crippen molar-refractivity contribution in [3.8, 4) is 0 Å². The fourth-order valence-electron chi connectivity index (χ4n) is 1.10. The van der Waals surface area contributed by atoms with Crippen LogP contribution in [0.15, 0.2) is 36.5 Å². The normalized spacial score (nSPS) is 10.3. The molecule has 1 rings (SSSR count). The standard InChI is InChI=1S/C12H16N2O2/c1-16-10-9-14-12(15)13-8-7-11-5-3-2-4-6-11/h2-8H,9-10H2,1H3,(H2,13,14,15)/b8-7+. The second kappa shape index (κ2) is 7.48. The number of benzene rings is 1. The number of methoxy groups -OCH3 is 1. The molecule has 0 aliphatic rings. The Morgan fingerprint density at radius 1 is 1.38 bits per heavy atom. The van der Waals surface area contributed by atoms with Gasteiger partial charge in [-0.2, -0.15) is 0 Å². The summed E-state index contributed by atoms with van der Waals surface area (Å²) < 4.78 is 4.81. The van der Waals surface area contributed by atoms with E-state index in [4.69, 9.17) is 4.74 Å². The lowest BCUT2D eigenvalue weighted by Gasteiger charge is -2.02. The van der Waals surface area contributed by atoms with Gasteiger partial charge in [0.1, 0.15) is 0 Å². The van der Waals surface area contributed by atoms with Gasteiger partial charge in [0, 0.05) is 19.9 Å². The van der Waals surface area contributed by atoms with E-state index < -0.39 is 0 Å². The van der Waals surface area contributed by atoms with E-state index in [1.165, 1.54) is 0 Å². The maximum absolute atomic E-state index is 11.2. The molecule has 2 amide bonds. The number of urea groups is 1. The lowest BCUT2D eigenvalue weighted by Crippen LogP contribution is -2.34. The van der Waals surface area contributed by atoms with Gasteiger partial charge in [-0.3, -0.25) is 0 Å². The molecule has 4 nitrogen and oxygen atoms in total. The van der Waals surface area contributed by atoms with Crippen LogP contribution in [0.3, 0.4) is 0 Å². The summed E-state index contributed by atoms with van der Waals surface area (Å²) in [4.78, 5) is 11.2. The molecule has 1 aromatic rings. The monoisotopic (exact) mass is 220 g/mol. The van der Waals surface area contributed by atoms with Gasteiger partial charge >= 0.3 is 6.03 Å². The molecule has 0 saturated heterocycles. The molecular formula is C12H16N2O2. The molecule has 0 aliphatic heterocycles. The molecule has 0 bridgehead atoms. The summed E-state index contributed by atoms with van der Waals surface area (Å²) >= 11 is 0. The van der Waals surface area contributed by atoms with Gasteiger partial charge in [0.05, 0.1) is 6.61 Å². The third-order valence-corrected chi connectivity index (χ3v) is 1.88. The van der Waals surface area contributed by atoms with E-state index in [1.54, 1.807) is 13.3 Å². The van der Waals surface area contributed by atoms with Crippen molar-refractivity contribution in [1.82, 2.24) is 10.6 Å². The summed E-state index contributed by atoms with van der Waals surface area (Å²) in [6, 6.07) is 9.52. The molecule has 86 valence electrons. The Hall–Kier alpha value is -1.81. The highest BCUT2D eigenvalue weighted by molar-refractivity contribution is 5.75. The lowest BCUT2D eigenvalue weighted by molar-refractivity contribution is 0.196. The third-order valence-electron chi connectivity index (χ3n) is 1.88. The second-order valence-electron chi connectivity index (χ2n) is 3.14. The van der Waals surface area contributed by atoms with Gasteiger partial charge < -0.3 is 15.4 Å². The highest BCUT2D eigenvalue weighted by Gasteiger charge is 1.94. The van der Waals surface area contributed by atoms with Crippen LogP contribution >= 0.6 is 0 Å². The largest absolute Gasteiger partial charge is 0.383 e. The zero-order valence-electron chi connectivity index (χ0n) is 9.27. The number of hydrogen-bond acceptors (Lipinski definition) is 2. The molecule has 1 aromatic carbocycles. The predicted octanol–water partition coefficient (Wildman–Crippen LogP) is 1.60. The number of hydrogen-bond donors (Lipinski definition) is 2. The van der Waals surface area contributed by atoms with Crippen LogP contribution in [0, 0.1) is 0 Å². The molecular weight excluding hydrogens is 204 g/mol. The van der Waals surface area contributed by atoms with Crippen molar-refractivity contribution in [2.45, 2.75) is 0 Å². The highest BCUT2D eigenvalue weighted by atomic mass is 16.5. The molecule has 0 aliphatic carbocycles. The minimum Gasteiger partial charge on any atom is -0.383 e. The van der Waals surface area contributed by atoms with Gasteiger partial charge in [-0.1, -0.05) is 30.3 Å². The number of rotatable bonds is 5. The Labute approximate surface area is 95.3 Å². The van der Waals surface area contributed by atoms with Crippen molar-refractivity contribution < 1.29 is 9.53 Å². The summed E-state index contributed by atoms with van der Waals surface area (Å²) in [6.45, 7) is 1.01. The van der Waals surface area contributed by atoms with E-state index in [1.807, 2.05) is 36.4 Å². The minimum absolute atomic E-state index is 0.232. The first kappa shape index (κ1) is 12.3. The summed E-state index contributed by atoms with van der Waals surface area (Å²) in [5.41, 5.74) is 1.04. The molecule has 4 heteroatoms. The molecule has 0 atom stereocenters. The average Bonchev–Trinajstić information content (AvgIpc) is 2.31. The fourth-order valence-corrected chi connectivity index (χ4v) is 1.10. The summed E-state index contributed by atoms with van der Waals surface area (Å²) in [5.74, 6) is 0. The zero-order chi connectivity index (χ0) is 11.6. The van der Waals surface area contributed by atoms with Crippen LogP contribution in [0.1, 0.15) is 5.56 Å². The van der Waals surface area contributed by atoms with Crippen LogP contribution in [0.4, 0.5) is 4.79 Å². The van der Waals surface area contributed by atoms with Gasteiger partial charge in [0.25, 0.3) is 0 Å². The lowest BCUT2D eigenvalue weighted by atomic mass is 10.2. The van der Waals surface area contributed by atoms with Gasteiger partial charge in [-0.05, 0) is 11.6 Å². The van der Waals surface area contributed by atoms with E-state index in [2.05, 4.69) is 10.6 Å². The maximum atomic E-state index is 11.2. The van der Waals surface area contributed by atoms with Gasteiger partial charge in [-0.25, -0.2) is 4.79 Å². The minimum atomic E-state index is -0.232. The zero-order valence-corrected chi connectivity index (χ0v) is 9.27. The SMILES string of the molecule is COCCNC(=O)N/C=C/c1ccccc1. The Morgan fingerprint density at radius 2 is 2.12 bits per heavy atom. The number of nitrogens with one attached hydrogen (secondary N) is 2. The fraction of sp³-hybridized carbons (Fsp3) is 0.250. The van der Waals surface area contributed by atoms with Crippen LogP contribution in [0.5, 0.6) is 0 Å². The number of carbonyl (C=O) groups is 1. The first-order valence-corrected chi connectivity index (χ1v) is 5.08. The van der Waals surface area contributed by atoms with Crippen LogP contribution in [-0.4, -0.2) is 26.3 Å². The van der Waals surface area contributed by atoms with Gasteiger partial charge in [-0.15, -0.1) is 0 Å². The molecule has 2 N–H and O–H groups in total. The van der Waals surface area contributed by atoms with Crippen LogP contribution in [0.25, 0.3) is 6.08 Å². The van der Waals surface area contributed by atoms with E-state index in [9.17, 15) is 4.79 Å². The number of ether oxygens (including phenoxy) is 1. The summed E-state index contributed by atoms with van der Waals surface area (Å²) in [7, 11) is 1.59. The molecule has 0 fully saturated rings. The Morgan fingerprint density at radius 3 is 2.81 bits per heavy atom. The van der Waals surface area contributed by atoms with E-state index in [-0.39, 0.29) is 6.03 Å². The van der Waals surface area contributed by atoms with Crippen molar-refractivity contribution in [3.63, 3.8) is 0 Å². The maximum Gasteiger partial charge on any atom is 0.318 e. The van der Waals surface area contributed by atoms with Crippen molar-refractivity contribution in [1.29, 1.82) is 0 Å². The first-order chi connectivity index (χ1) is 7.83. The molecule has 0 heterocycles. The molecule has 0 aromatic heterocycles. The molecule has 0 spiro atoms. The third kappa shape index (κ3) is 5.17. The first-order valence-electron chi connectivity index (χ1n) is 5.08. The molecule has 0 saturated carbocycles. The van der Waals surface area contributed by atoms with Crippen molar-refractivity contribution in [2.75, 3.05) is 20.3 Å². The summed E-state index contributed by atoms with van der Waals surface area (Å²) in [6.07, 6.45) is 3.44. The average molecular weight is 220 g/mol. The van der Waals surface area contributed by atoms with Gasteiger partial charge in [0.15, 0.2) is 0 Å². The number of amides is 2. The van der Waals surface area contributed by atoms with Gasteiger partial charge in [0.2, 0.25) is 0 Å². The van der Waals surface area contributed by atoms with Crippen molar-refractivity contribution in [3.05, 3.63) is 42.1 Å². The Kier molecular flexibility index (Phi) is 5.73. The highest BCUT2D eigenvalue weighted by Crippen LogP contribution is 1.99. The van der Waals surface area contributed by atoms with E-state index in [0.29, 0.717) is 13.2 Å². The van der Waals surface area contributed by atoms with Crippen LogP contribution in [-0.2, 0) is 4.74 Å². The summed E-state index contributed by atoms with van der Waals surface area (Å²) in [5, 5.41) is 5.25. The molecule has 0 unspecified atom stereocenters.